The summed E-state index contributed by atoms with van der Waals surface area (Å²) in [6.07, 6.45) is 1.85. The Hall–Kier alpha value is -1.98. The molecule has 1 heterocycles. The number of aliphatic imine (C=N–C) groups is 1. The van der Waals surface area contributed by atoms with Crippen molar-refractivity contribution in [2.24, 2.45) is 4.99 Å². The number of nitrogens with zero attached hydrogens (tertiary/aromatic N) is 1. The van der Waals surface area contributed by atoms with Gasteiger partial charge in [-0.1, -0.05) is 41.4 Å². The molecule has 1 aliphatic rings. The van der Waals surface area contributed by atoms with Crippen molar-refractivity contribution in [3.63, 3.8) is 0 Å². The minimum absolute atomic E-state index is 0.0542. The standard InChI is InChI=1S/C15H14N2O2S/c18-20(19)10-11-1-3-12(4-2-11)13-5-6-14-15(9-13)17-8-7-16-14/h1-6,8-9,16H,7,10H2,(H,18,19)/p-1. The van der Waals surface area contributed by atoms with Crippen LogP contribution in [0.5, 0.6) is 0 Å². The van der Waals surface area contributed by atoms with Crippen LogP contribution in [0.2, 0.25) is 0 Å². The molecular weight excluding hydrogens is 272 g/mol. The first-order valence-corrected chi connectivity index (χ1v) is 7.52. The molecule has 2 aromatic carbocycles. The van der Waals surface area contributed by atoms with Crippen molar-refractivity contribution < 1.29 is 8.76 Å². The molecule has 0 amide bonds. The maximum absolute atomic E-state index is 10.7. The van der Waals surface area contributed by atoms with Crippen molar-refractivity contribution in [3.05, 3.63) is 48.0 Å². The lowest BCUT2D eigenvalue weighted by molar-refractivity contribution is 0.536. The molecule has 5 heteroatoms. The summed E-state index contributed by atoms with van der Waals surface area (Å²) >= 11 is -2.05. The van der Waals surface area contributed by atoms with Crippen molar-refractivity contribution in [3.8, 4) is 11.1 Å². The Morgan fingerprint density at radius 1 is 1.15 bits per heavy atom. The van der Waals surface area contributed by atoms with Gasteiger partial charge in [-0.25, -0.2) is 0 Å². The molecule has 102 valence electrons. The first-order chi connectivity index (χ1) is 9.72. The molecular formula is C15H13N2O2S-. The van der Waals surface area contributed by atoms with E-state index in [0.29, 0.717) is 0 Å². The topological polar surface area (TPSA) is 64.5 Å². The maximum atomic E-state index is 10.7. The lowest BCUT2D eigenvalue weighted by atomic mass is 10.0. The van der Waals surface area contributed by atoms with Crippen LogP contribution in [-0.2, 0) is 16.8 Å². The zero-order valence-corrected chi connectivity index (χ0v) is 11.5. The van der Waals surface area contributed by atoms with Gasteiger partial charge in [0, 0.05) is 12.0 Å². The van der Waals surface area contributed by atoms with Crippen LogP contribution in [0.4, 0.5) is 11.4 Å². The summed E-state index contributed by atoms with van der Waals surface area (Å²) in [4.78, 5) is 4.37. The van der Waals surface area contributed by atoms with Crippen molar-refractivity contribution in [2.45, 2.75) is 5.75 Å². The maximum Gasteiger partial charge on any atom is 0.0864 e. The molecule has 1 aliphatic heterocycles. The molecule has 20 heavy (non-hydrogen) atoms. The molecule has 0 bridgehead atoms. The average molecular weight is 285 g/mol. The van der Waals surface area contributed by atoms with Gasteiger partial charge < -0.3 is 9.87 Å². The predicted molar refractivity (Wildman–Crippen MR) is 81.1 cm³/mol. The minimum Gasteiger partial charge on any atom is -0.772 e. The number of anilines is 1. The molecule has 1 unspecified atom stereocenters. The summed E-state index contributed by atoms with van der Waals surface area (Å²) in [6, 6.07) is 13.6. The summed E-state index contributed by atoms with van der Waals surface area (Å²) in [5.74, 6) is 0.0542. The molecule has 0 spiro atoms. The lowest BCUT2D eigenvalue weighted by Crippen LogP contribution is -2.06. The number of nitrogens with one attached hydrogen (secondary N) is 1. The van der Waals surface area contributed by atoms with Crippen LogP contribution in [0.3, 0.4) is 0 Å². The summed E-state index contributed by atoms with van der Waals surface area (Å²) in [7, 11) is 0. The van der Waals surface area contributed by atoms with Crippen LogP contribution in [-0.4, -0.2) is 21.5 Å². The van der Waals surface area contributed by atoms with Crippen LogP contribution in [0.1, 0.15) is 5.56 Å². The van der Waals surface area contributed by atoms with Gasteiger partial charge in [0.15, 0.2) is 0 Å². The SMILES string of the molecule is O=S([O-])Cc1ccc(-c2ccc3c(c2)N=CCN3)cc1. The van der Waals surface area contributed by atoms with Gasteiger partial charge in [0.1, 0.15) is 0 Å². The highest BCUT2D eigenvalue weighted by Crippen LogP contribution is 2.32. The normalized spacial score (nSPS) is 14.4. The summed E-state index contributed by atoms with van der Waals surface area (Å²) in [5, 5.41) is 3.25. The first kappa shape index (κ1) is 13.0. The minimum atomic E-state index is -2.05. The smallest absolute Gasteiger partial charge is 0.0864 e. The third-order valence-electron chi connectivity index (χ3n) is 3.18. The molecule has 0 fully saturated rings. The van der Waals surface area contributed by atoms with Crippen LogP contribution in [0.15, 0.2) is 47.5 Å². The van der Waals surface area contributed by atoms with Crippen LogP contribution in [0.25, 0.3) is 11.1 Å². The van der Waals surface area contributed by atoms with E-state index in [1.54, 1.807) is 0 Å². The number of benzene rings is 2. The second kappa shape index (κ2) is 5.56. The van der Waals surface area contributed by atoms with Gasteiger partial charge in [-0.15, -0.1) is 0 Å². The molecule has 1 N–H and O–H groups in total. The molecule has 2 aromatic rings. The van der Waals surface area contributed by atoms with Gasteiger partial charge in [-0.3, -0.25) is 9.20 Å². The van der Waals surface area contributed by atoms with E-state index in [0.717, 1.165) is 34.6 Å². The van der Waals surface area contributed by atoms with Crippen molar-refractivity contribution in [1.29, 1.82) is 0 Å². The van der Waals surface area contributed by atoms with E-state index in [9.17, 15) is 8.76 Å². The Labute approximate surface area is 119 Å². The second-order valence-electron chi connectivity index (χ2n) is 4.57. The van der Waals surface area contributed by atoms with Crippen LogP contribution in [0, 0.1) is 0 Å². The molecule has 0 aliphatic carbocycles. The second-order valence-corrected chi connectivity index (χ2v) is 5.47. The van der Waals surface area contributed by atoms with Crippen molar-refractivity contribution in [2.75, 3.05) is 11.9 Å². The highest BCUT2D eigenvalue weighted by Gasteiger charge is 2.06. The Bertz CT molecular complexity index is 681. The largest absolute Gasteiger partial charge is 0.772 e. The fraction of sp³-hybridized carbons (Fsp3) is 0.133. The molecule has 4 nitrogen and oxygen atoms in total. The molecule has 3 rings (SSSR count). The van der Waals surface area contributed by atoms with Gasteiger partial charge in [0.05, 0.1) is 17.9 Å². The van der Waals surface area contributed by atoms with E-state index < -0.39 is 11.1 Å². The number of hydrogen-bond donors (Lipinski definition) is 1. The fourth-order valence-corrected chi connectivity index (χ4v) is 2.66. The predicted octanol–water partition coefficient (Wildman–Crippen LogP) is 2.86. The number of fused-ring (bicyclic) bond motifs is 1. The van der Waals surface area contributed by atoms with Crippen molar-refractivity contribution in [1.82, 2.24) is 0 Å². The van der Waals surface area contributed by atoms with E-state index in [-0.39, 0.29) is 5.75 Å². The number of rotatable bonds is 3. The summed E-state index contributed by atoms with van der Waals surface area (Å²) < 4.78 is 21.3. The monoisotopic (exact) mass is 285 g/mol. The van der Waals surface area contributed by atoms with Crippen molar-refractivity contribution >= 4 is 28.7 Å². The molecule has 0 radical (unpaired) electrons. The van der Waals surface area contributed by atoms with Crippen LogP contribution < -0.4 is 5.32 Å². The van der Waals surface area contributed by atoms with E-state index in [1.165, 1.54) is 0 Å². The highest BCUT2D eigenvalue weighted by molar-refractivity contribution is 7.78. The van der Waals surface area contributed by atoms with Crippen LogP contribution >= 0.6 is 0 Å². The third kappa shape index (κ3) is 2.79. The summed E-state index contributed by atoms with van der Waals surface area (Å²) in [6.45, 7) is 0.757. The van der Waals surface area contributed by atoms with E-state index in [1.807, 2.05) is 48.7 Å². The molecule has 0 saturated carbocycles. The Kier molecular flexibility index (Phi) is 3.62. The van der Waals surface area contributed by atoms with E-state index in [2.05, 4.69) is 10.3 Å². The average Bonchev–Trinajstić information content (AvgIpc) is 2.47. The quantitative estimate of drug-likeness (QED) is 0.882. The lowest BCUT2D eigenvalue weighted by Gasteiger charge is -2.13. The third-order valence-corrected chi connectivity index (χ3v) is 3.75. The molecule has 0 saturated heterocycles. The Morgan fingerprint density at radius 3 is 2.65 bits per heavy atom. The molecule has 0 aromatic heterocycles. The highest BCUT2D eigenvalue weighted by atomic mass is 32.2. The van der Waals surface area contributed by atoms with Gasteiger partial charge in [0.2, 0.25) is 0 Å². The van der Waals surface area contributed by atoms with E-state index >= 15 is 0 Å². The zero-order chi connectivity index (χ0) is 13.9. The van der Waals surface area contributed by atoms with Gasteiger partial charge in [-0.2, -0.15) is 0 Å². The number of hydrogen-bond acceptors (Lipinski definition) is 4. The van der Waals surface area contributed by atoms with E-state index in [4.69, 9.17) is 0 Å². The zero-order valence-electron chi connectivity index (χ0n) is 10.7. The Balaban J connectivity index is 1.89. The van der Waals surface area contributed by atoms with Gasteiger partial charge >= 0.3 is 0 Å². The van der Waals surface area contributed by atoms with Gasteiger partial charge in [0.25, 0.3) is 0 Å². The fourth-order valence-electron chi connectivity index (χ4n) is 2.20. The molecule has 1 atom stereocenters. The first-order valence-electron chi connectivity index (χ1n) is 6.28. The Morgan fingerprint density at radius 2 is 1.90 bits per heavy atom. The van der Waals surface area contributed by atoms with Gasteiger partial charge in [-0.05, 0) is 28.8 Å². The summed E-state index contributed by atoms with van der Waals surface area (Å²) in [5.41, 5.74) is 4.88.